The van der Waals surface area contributed by atoms with E-state index in [4.69, 9.17) is 4.74 Å². The molecule has 0 aromatic carbocycles. The second-order valence-electron chi connectivity index (χ2n) is 4.12. The van der Waals surface area contributed by atoms with Gasteiger partial charge in [0.05, 0.1) is 12.2 Å². The van der Waals surface area contributed by atoms with Gasteiger partial charge in [0, 0.05) is 26.2 Å². The van der Waals surface area contributed by atoms with Crippen LogP contribution < -0.4 is 0 Å². The normalized spacial score (nSPS) is 26.5. The molecule has 1 saturated heterocycles. The Bertz CT molecular complexity index is 207. The lowest BCUT2D eigenvalue weighted by atomic mass is 10.2. The van der Waals surface area contributed by atoms with Crippen molar-refractivity contribution in [2.75, 3.05) is 26.2 Å². The van der Waals surface area contributed by atoms with Crippen LogP contribution in [0.3, 0.4) is 0 Å². The average molecular weight is 214 g/mol. The molecule has 1 aliphatic rings. The highest BCUT2D eigenvalue weighted by atomic mass is 16.5. The molecule has 0 saturated carbocycles. The van der Waals surface area contributed by atoms with Gasteiger partial charge in [0.1, 0.15) is 0 Å². The van der Waals surface area contributed by atoms with Crippen molar-refractivity contribution in [1.82, 2.24) is 9.80 Å². The second-order valence-corrected chi connectivity index (χ2v) is 4.12. The highest BCUT2D eigenvalue weighted by molar-refractivity contribution is 5.74. The number of urea groups is 1. The summed E-state index contributed by atoms with van der Waals surface area (Å²) in [4.78, 5) is 15.8. The lowest BCUT2D eigenvalue weighted by molar-refractivity contribution is -0.0579. The van der Waals surface area contributed by atoms with E-state index in [-0.39, 0.29) is 18.2 Å². The molecule has 0 spiro atoms. The lowest BCUT2D eigenvalue weighted by Crippen LogP contribution is -2.52. The fourth-order valence-corrected chi connectivity index (χ4v) is 2.03. The predicted octanol–water partition coefficient (Wildman–Crippen LogP) is 1.56. The van der Waals surface area contributed by atoms with E-state index in [2.05, 4.69) is 0 Å². The first-order valence-electron chi connectivity index (χ1n) is 5.77. The third-order valence-electron chi connectivity index (χ3n) is 2.72. The lowest BCUT2D eigenvalue weighted by Gasteiger charge is -2.37. The van der Waals surface area contributed by atoms with Crippen LogP contribution in [0, 0.1) is 0 Å². The molecule has 0 aromatic heterocycles. The molecule has 0 unspecified atom stereocenters. The van der Waals surface area contributed by atoms with Crippen LogP contribution in [0.4, 0.5) is 4.79 Å². The average Bonchev–Trinajstić information content (AvgIpc) is 2.18. The number of hydrogen-bond donors (Lipinski definition) is 0. The van der Waals surface area contributed by atoms with Crippen molar-refractivity contribution in [2.45, 2.75) is 39.9 Å². The van der Waals surface area contributed by atoms with Crippen LogP contribution in [0.2, 0.25) is 0 Å². The molecular weight excluding hydrogens is 192 g/mol. The minimum absolute atomic E-state index is 0.141. The zero-order chi connectivity index (χ0) is 11.4. The molecule has 0 radical (unpaired) electrons. The Morgan fingerprint density at radius 1 is 1.27 bits per heavy atom. The maximum absolute atomic E-state index is 12.0. The molecule has 0 aromatic rings. The predicted molar refractivity (Wildman–Crippen MR) is 59.9 cm³/mol. The zero-order valence-corrected chi connectivity index (χ0v) is 10.2. The summed E-state index contributed by atoms with van der Waals surface area (Å²) in [5.41, 5.74) is 0. The van der Waals surface area contributed by atoms with Gasteiger partial charge in [-0.2, -0.15) is 0 Å². The van der Waals surface area contributed by atoms with Gasteiger partial charge < -0.3 is 14.5 Å². The van der Waals surface area contributed by atoms with E-state index < -0.39 is 0 Å². The van der Waals surface area contributed by atoms with Gasteiger partial charge in [-0.15, -0.1) is 0 Å². The molecule has 0 bridgehead atoms. The third kappa shape index (κ3) is 3.09. The van der Waals surface area contributed by atoms with Crippen molar-refractivity contribution < 1.29 is 9.53 Å². The van der Waals surface area contributed by atoms with Gasteiger partial charge in [-0.05, 0) is 27.7 Å². The number of carbonyl (C=O) groups is 1. The molecule has 15 heavy (non-hydrogen) atoms. The zero-order valence-electron chi connectivity index (χ0n) is 10.2. The fourth-order valence-electron chi connectivity index (χ4n) is 2.03. The number of rotatable bonds is 2. The highest BCUT2D eigenvalue weighted by Crippen LogP contribution is 2.12. The standard InChI is InChI=1S/C11H22N2O2/c1-5-12(6-2)11(14)13-7-9(3)15-10(4)8-13/h9-10H,5-8H2,1-4H3/t9-,10-/m0/s1. The molecule has 2 amide bonds. The molecule has 1 rings (SSSR count). The molecule has 88 valence electrons. The number of nitrogens with zero attached hydrogens (tertiary/aromatic N) is 2. The van der Waals surface area contributed by atoms with E-state index in [1.54, 1.807) is 0 Å². The first-order valence-corrected chi connectivity index (χ1v) is 5.77. The molecule has 1 fully saturated rings. The Kier molecular flexibility index (Phi) is 4.39. The van der Waals surface area contributed by atoms with Crippen LogP contribution in [-0.2, 0) is 4.74 Å². The molecular formula is C11H22N2O2. The Balaban J connectivity index is 2.58. The molecule has 2 atom stereocenters. The summed E-state index contributed by atoms with van der Waals surface area (Å²) in [6.07, 6.45) is 0.293. The van der Waals surface area contributed by atoms with Crippen LogP contribution in [0.5, 0.6) is 0 Å². The molecule has 0 aliphatic carbocycles. The number of carbonyl (C=O) groups excluding carboxylic acids is 1. The quantitative estimate of drug-likeness (QED) is 0.699. The summed E-state index contributed by atoms with van der Waals surface area (Å²) in [5.74, 6) is 0. The summed E-state index contributed by atoms with van der Waals surface area (Å²) in [5, 5.41) is 0. The summed E-state index contributed by atoms with van der Waals surface area (Å²) >= 11 is 0. The summed E-state index contributed by atoms with van der Waals surface area (Å²) in [6, 6.07) is 0.141. The van der Waals surface area contributed by atoms with Crippen LogP contribution in [0.25, 0.3) is 0 Å². The summed E-state index contributed by atoms with van der Waals surface area (Å²) in [7, 11) is 0. The van der Waals surface area contributed by atoms with Crippen LogP contribution in [0.15, 0.2) is 0 Å². The minimum atomic E-state index is 0.141. The second kappa shape index (κ2) is 5.35. The van der Waals surface area contributed by atoms with Crippen molar-refractivity contribution in [1.29, 1.82) is 0 Å². The molecule has 4 nitrogen and oxygen atoms in total. The summed E-state index contributed by atoms with van der Waals surface area (Å²) < 4.78 is 5.60. The van der Waals surface area contributed by atoms with Crippen LogP contribution in [0.1, 0.15) is 27.7 Å². The van der Waals surface area contributed by atoms with Crippen molar-refractivity contribution in [3.8, 4) is 0 Å². The van der Waals surface area contributed by atoms with Gasteiger partial charge in [-0.25, -0.2) is 4.79 Å². The van der Waals surface area contributed by atoms with E-state index in [0.717, 1.165) is 13.1 Å². The first kappa shape index (κ1) is 12.3. The fraction of sp³-hybridized carbons (Fsp3) is 0.909. The monoisotopic (exact) mass is 214 g/mol. The van der Waals surface area contributed by atoms with E-state index in [1.807, 2.05) is 37.5 Å². The van der Waals surface area contributed by atoms with Crippen molar-refractivity contribution in [2.24, 2.45) is 0 Å². The molecule has 4 heteroatoms. The first-order chi connectivity index (χ1) is 7.08. The van der Waals surface area contributed by atoms with Crippen LogP contribution >= 0.6 is 0 Å². The maximum Gasteiger partial charge on any atom is 0.320 e. The van der Waals surface area contributed by atoms with E-state index in [1.165, 1.54) is 0 Å². The van der Waals surface area contributed by atoms with Crippen molar-refractivity contribution in [3.63, 3.8) is 0 Å². The van der Waals surface area contributed by atoms with Gasteiger partial charge in [0.15, 0.2) is 0 Å². The smallest absolute Gasteiger partial charge is 0.320 e. The van der Waals surface area contributed by atoms with Gasteiger partial charge in [0.25, 0.3) is 0 Å². The SMILES string of the molecule is CCN(CC)C(=O)N1C[C@H](C)O[C@@H](C)C1. The van der Waals surface area contributed by atoms with Crippen LogP contribution in [-0.4, -0.2) is 54.2 Å². The number of amides is 2. The van der Waals surface area contributed by atoms with Crippen molar-refractivity contribution >= 4 is 6.03 Å². The Morgan fingerprint density at radius 3 is 2.13 bits per heavy atom. The number of hydrogen-bond acceptors (Lipinski definition) is 2. The Labute approximate surface area is 92.2 Å². The van der Waals surface area contributed by atoms with Crippen molar-refractivity contribution in [3.05, 3.63) is 0 Å². The molecule has 1 aliphatic heterocycles. The Morgan fingerprint density at radius 2 is 1.73 bits per heavy atom. The van der Waals surface area contributed by atoms with E-state index in [0.29, 0.717) is 13.1 Å². The van der Waals surface area contributed by atoms with Gasteiger partial charge in [0.2, 0.25) is 0 Å². The van der Waals surface area contributed by atoms with Gasteiger partial charge >= 0.3 is 6.03 Å². The molecule has 1 heterocycles. The largest absolute Gasteiger partial charge is 0.372 e. The van der Waals surface area contributed by atoms with E-state index >= 15 is 0 Å². The summed E-state index contributed by atoms with van der Waals surface area (Å²) in [6.45, 7) is 11.0. The number of ether oxygens (including phenoxy) is 1. The third-order valence-corrected chi connectivity index (χ3v) is 2.72. The van der Waals surface area contributed by atoms with E-state index in [9.17, 15) is 4.79 Å². The minimum Gasteiger partial charge on any atom is -0.372 e. The highest BCUT2D eigenvalue weighted by Gasteiger charge is 2.27. The Hall–Kier alpha value is -0.770. The maximum atomic E-state index is 12.0. The topological polar surface area (TPSA) is 32.8 Å². The molecule has 0 N–H and O–H groups in total. The van der Waals surface area contributed by atoms with Gasteiger partial charge in [-0.3, -0.25) is 0 Å². The van der Waals surface area contributed by atoms with Gasteiger partial charge in [-0.1, -0.05) is 0 Å². The number of morpholine rings is 1.